The summed E-state index contributed by atoms with van der Waals surface area (Å²) in [6.07, 6.45) is 68.1. The molecule has 0 aliphatic rings. The Morgan fingerprint density at radius 2 is 0.625 bits per heavy atom. The van der Waals surface area contributed by atoms with Gasteiger partial charge in [0.2, 0.25) is 5.91 Å². The van der Waals surface area contributed by atoms with E-state index in [1.165, 1.54) is 270 Å². The van der Waals surface area contributed by atoms with Crippen LogP contribution in [-0.4, -0.2) is 46.1 Å². The summed E-state index contributed by atoms with van der Waals surface area (Å²) in [5.74, 6) is -0.146. The van der Waals surface area contributed by atoms with Gasteiger partial charge >= 0.3 is 0 Å². The van der Waals surface area contributed by atoms with Crippen LogP contribution in [0.1, 0.15) is 335 Å². The summed E-state index contributed by atoms with van der Waals surface area (Å²) in [6.45, 7) is 4.22. The fourth-order valence-electron chi connectivity index (χ4n) is 9.58. The molecule has 0 fully saturated rings. The van der Waals surface area contributed by atoms with E-state index in [4.69, 9.17) is 0 Å². The van der Waals surface area contributed by atoms with E-state index in [1.54, 1.807) is 0 Å². The van der Waals surface area contributed by atoms with Crippen molar-refractivity contribution < 1.29 is 20.1 Å². The Labute approximate surface area is 401 Å². The van der Waals surface area contributed by atoms with Crippen LogP contribution in [0.15, 0.2) is 12.2 Å². The second-order valence-corrected chi connectivity index (χ2v) is 20.6. The molecular formula is C59H117NO4. The van der Waals surface area contributed by atoms with Gasteiger partial charge in [0, 0.05) is 6.42 Å². The Balaban J connectivity index is 3.51. The second kappa shape index (κ2) is 54.7. The van der Waals surface area contributed by atoms with Crippen molar-refractivity contribution in [2.24, 2.45) is 0 Å². The standard InChI is InChI=1S/C59H117NO4/c1-3-5-7-9-11-13-15-17-19-21-23-25-27-28-29-30-31-32-34-36-38-40-42-44-46-48-50-52-54-58(63)60-56(55-61)59(64)57(62)53-51-49-47-45-43-41-39-37-35-33-26-24-22-20-18-16-14-12-10-8-6-4-2/h45,47,56-57,59,61-62,64H,3-44,46,48-55H2,1-2H3,(H,60,63)/b47-45+. The SMILES string of the molecule is CCCCCCCCCCCCCCCCCCC/C=C/CCCC(O)C(O)C(CO)NC(=O)CCCCCCCCCCCCCCCCCCCCCCCCCCCCCC. The quantitative estimate of drug-likeness (QED) is 0.0362. The number of hydrogen-bond acceptors (Lipinski definition) is 4. The summed E-state index contributed by atoms with van der Waals surface area (Å²) in [6, 6.07) is -0.823. The Morgan fingerprint density at radius 1 is 0.375 bits per heavy atom. The van der Waals surface area contributed by atoms with Gasteiger partial charge in [-0.2, -0.15) is 0 Å². The molecule has 0 radical (unpaired) electrons. The first-order chi connectivity index (χ1) is 31.6. The Bertz CT molecular complexity index is 909. The number of hydrogen-bond donors (Lipinski definition) is 4. The Kier molecular flexibility index (Phi) is 53.9. The van der Waals surface area contributed by atoms with Gasteiger partial charge in [-0.15, -0.1) is 0 Å². The third kappa shape index (κ3) is 49.0. The van der Waals surface area contributed by atoms with Crippen molar-refractivity contribution in [1.29, 1.82) is 0 Å². The Hall–Kier alpha value is -0.910. The maximum absolute atomic E-state index is 12.5. The molecule has 0 rings (SSSR count). The maximum Gasteiger partial charge on any atom is 0.220 e. The van der Waals surface area contributed by atoms with Crippen LogP contribution in [0, 0.1) is 0 Å². The molecule has 0 aliphatic heterocycles. The molecule has 0 saturated carbocycles. The number of rotatable bonds is 55. The first-order valence-corrected chi connectivity index (χ1v) is 29.5. The molecule has 3 atom stereocenters. The first kappa shape index (κ1) is 63.1. The zero-order valence-electron chi connectivity index (χ0n) is 43.7. The molecule has 0 bridgehead atoms. The molecule has 0 heterocycles. The molecule has 0 aromatic rings. The molecule has 0 spiro atoms. The highest BCUT2D eigenvalue weighted by molar-refractivity contribution is 5.76. The monoisotopic (exact) mass is 904 g/mol. The van der Waals surface area contributed by atoms with Crippen molar-refractivity contribution >= 4 is 5.91 Å². The van der Waals surface area contributed by atoms with Crippen molar-refractivity contribution in [2.45, 2.75) is 353 Å². The van der Waals surface area contributed by atoms with E-state index in [0.29, 0.717) is 12.8 Å². The van der Waals surface area contributed by atoms with E-state index < -0.39 is 18.2 Å². The lowest BCUT2D eigenvalue weighted by atomic mass is 10.0. The summed E-state index contributed by atoms with van der Waals surface area (Å²) in [7, 11) is 0. The van der Waals surface area contributed by atoms with Crippen LogP contribution in [-0.2, 0) is 4.79 Å². The van der Waals surface area contributed by atoms with Crippen molar-refractivity contribution in [3.63, 3.8) is 0 Å². The van der Waals surface area contributed by atoms with Crippen LogP contribution in [0.4, 0.5) is 0 Å². The van der Waals surface area contributed by atoms with E-state index in [-0.39, 0.29) is 12.5 Å². The number of carbonyl (C=O) groups is 1. The van der Waals surface area contributed by atoms with Gasteiger partial charge in [-0.3, -0.25) is 4.79 Å². The fourth-order valence-corrected chi connectivity index (χ4v) is 9.58. The van der Waals surface area contributed by atoms with Crippen molar-refractivity contribution in [2.75, 3.05) is 6.61 Å². The topological polar surface area (TPSA) is 89.8 Å². The van der Waals surface area contributed by atoms with Gasteiger partial charge in [0.15, 0.2) is 0 Å². The highest BCUT2D eigenvalue weighted by Crippen LogP contribution is 2.18. The number of aliphatic hydroxyl groups excluding tert-OH is 3. The molecular weight excluding hydrogens is 787 g/mol. The first-order valence-electron chi connectivity index (χ1n) is 29.5. The minimum atomic E-state index is -1.16. The van der Waals surface area contributed by atoms with Gasteiger partial charge < -0.3 is 20.6 Å². The van der Waals surface area contributed by atoms with Crippen LogP contribution in [0.25, 0.3) is 0 Å². The summed E-state index contributed by atoms with van der Waals surface area (Å²) in [4.78, 5) is 12.5. The predicted octanol–water partition coefficient (Wildman–Crippen LogP) is 18.3. The maximum atomic E-state index is 12.5. The van der Waals surface area contributed by atoms with Gasteiger partial charge in [-0.05, 0) is 38.5 Å². The summed E-state index contributed by atoms with van der Waals surface area (Å²) >= 11 is 0. The average Bonchev–Trinajstić information content (AvgIpc) is 3.30. The van der Waals surface area contributed by atoms with E-state index in [1.807, 2.05) is 0 Å². The third-order valence-electron chi connectivity index (χ3n) is 14.1. The second-order valence-electron chi connectivity index (χ2n) is 20.6. The van der Waals surface area contributed by atoms with Crippen molar-refractivity contribution in [3.8, 4) is 0 Å². The molecule has 5 nitrogen and oxygen atoms in total. The number of nitrogens with one attached hydrogen (secondary N) is 1. The lowest BCUT2D eigenvalue weighted by molar-refractivity contribution is -0.124. The number of carbonyl (C=O) groups excluding carboxylic acids is 1. The molecule has 0 aromatic heterocycles. The van der Waals surface area contributed by atoms with E-state index in [0.717, 1.165) is 38.5 Å². The summed E-state index contributed by atoms with van der Waals surface area (Å²) in [5, 5.41) is 33.8. The van der Waals surface area contributed by atoms with Crippen LogP contribution < -0.4 is 5.32 Å². The van der Waals surface area contributed by atoms with Gasteiger partial charge in [0.25, 0.3) is 0 Å². The highest BCUT2D eigenvalue weighted by Gasteiger charge is 2.26. The molecule has 5 heteroatoms. The predicted molar refractivity (Wildman–Crippen MR) is 282 cm³/mol. The minimum Gasteiger partial charge on any atom is -0.394 e. The molecule has 64 heavy (non-hydrogen) atoms. The molecule has 0 aliphatic carbocycles. The van der Waals surface area contributed by atoms with E-state index in [9.17, 15) is 20.1 Å². The highest BCUT2D eigenvalue weighted by atomic mass is 16.3. The van der Waals surface area contributed by atoms with Gasteiger partial charge in [0.1, 0.15) is 6.10 Å². The number of unbranched alkanes of at least 4 members (excludes halogenated alkanes) is 45. The minimum absolute atomic E-state index is 0.146. The number of aliphatic hydroxyl groups is 3. The van der Waals surface area contributed by atoms with E-state index >= 15 is 0 Å². The third-order valence-corrected chi connectivity index (χ3v) is 14.1. The fraction of sp³-hybridized carbons (Fsp3) is 0.949. The zero-order valence-corrected chi connectivity index (χ0v) is 43.7. The molecule has 3 unspecified atom stereocenters. The van der Waals surface area contributed by atoms with Crippen LogP contribution in [0.5, 0.6) is 0 Å². The van der Waals surface area contributed by atoms with Crippen LogP contribution in [0.3, 0.4) is 0 Å². The molecule has 1 amide bonds. The van der Waals surface area contributed by atoms with E-state index in [2.05, 4.69) is 31.3 Å². The molecule has 4 N–H and O–H groups in total. The molecule has 382 valence electrons. The number of allylic oxidation sites excluding steroid dienone is 2. The molecule has 0 aromatic carbocycles. The van der Waals surface area contributed by atoms with Gasteiger partial charge in [-0.1, -0.05) is 302 Å². The largest absolute Gasteiger partial charge is 0.394 e. The van der Waals surface area contributed by atoms with Gasteiger partial charge in [0.05, 0.1) is 18.8 Å². The molecule has 0 saturated heterocycles. The zero-order chi connectivity index (χ0) is 46.5. The van der Waals surface area contributed by atoms with Crippen molar-refractivity contribution in [1.82, 2.24) is 5.32 Å². The Morgan fingerprint density at radius 3 is 0.906 bits per heavy atom. The summed E-state index contributed by atoms with van der Waals surface area (Å²) in [5.41, 5.74) is 0. The normalized spacial score (nSPS) is 13.3. The van der Waals surface area contributed by atoms with Crippen LogP contribution >= 0.6 is 0 Å². The number of amides is 1. The lowest BCUT2D eigenvalue weighted by Crippen LogP contribution is -2.50. The summed E-state index contributed by atoms with van der Waals surface area (Å²) < 4.78 is 0. The smallest absolute Gasteiger partial charge is 0.220 e. The van der Waals surface area contributed by atoms with Crippen molar-refractivity contribution in [3.05, 3.63) is 12.2 Å². The average molecular weight is 905 g/mol. The lowest BCUT2D eigenvalue weighted by Gasteiger charge is -2.26. The van der Waals surface area contributed by atoms with Gasteiger partial charge in [-0.25, -0.2) is 0 Å². The van der Waals surface area contributed by atoms with Crippen LogP contribution in [0.2, 0.25) is 0 Å².